The molecule has 2 nitrogen and oxygen atoms in total. The van der Waals surface area contributed by atoms with Gasteiger partial charge in [-0.1, -0.05) is 212 Å². The topological polar surface area (TPSA) is 25.8 Å². The lowest BCUT2D eigenvalue weighted by atomic mass is 9.67. The monoisotopic (exact) mass is 750 g/mol. The fourth-order valence-electron chi connectivity index (χ4n) is 9.30. The molecule has 0 spiro atoms. The van der Waals surface area contributed by atoms with Gasteiger partial charge in [-0.3, -0.25) is 0 Å². The molecule has 0 N–H and O–H groups in total. The highest BCUT2D eigenvalue weighted by molar-refractivity contribution is 6.05. The summed E-state index contributed by atoms with van der Waals surface area (Å²) < 4.78 is 0. The summed E-state index contributed by atoms with van der Waals surface area (Å²) in [6, 6.07) is 82.9. The van der Waals surface area contributed by atoms with Crippen molar-refractivity contribution in [1.29, 1.82) is 0 Å². The molecule has 1 heterocycles. The molecule has 0 fully saturated rings. The third-order valence-corrected chi connectivity index (χ3v) is 12.0. The highest BCUT2D eigenvalue weighted by Gasteiger charge is 2.46. The minimum Gasteiger partial charge on any atom is -0.228 e. The van der Waals surface area contributed by atoms with E-state index in [2.05, 4.69) is 224 Å². The molecule has 59 heavy (non-hydrogen) atoms. The quantitative estimate of drug-likeness (QED) is 0.162. The van der Waals surface area contributed by atoms with Crippen molar-refractivity contribution in [3.8, 4) is 67.3 Å². The van der Waals surface area contributed by atoms with Crippen molar-refractivity contribution in [3.05, 3.63) is 253 Å². The third-order valence-electron chi connectivity index (χ3n) is 12.0. The van der Waals surface area contributed by atoms with E-state index in [1.807, 2.05) is 6.07 Å². The first-order valence-electron chi connectivity index (χ1n) is 20.2. The molecule has 0 saturated heterocycles. The van der Waals surface area contributed by atoms with E-state index in [0.29, 0.717) is 5.82 Å². The number of aromatic nitrogens is 2. The van der Waals surface area contributed by atoms with E-state index < -0.39 is 5.41 Å². The molecule has 0 radical (unpaired) electrons. The van der Waals surface area contributed by atoms with Gasteiger partial charge in [-0.25, -0.2) is 9.97 Å². The fraction of sp³-hybridized carbons (Fsp3) is 0.0175. The van der Waals surface area contributed by atoms with Gasteiger partial charge >= 0.3 is 0 Å². The van der Waals surface area contributed by atoms with Crippen molar-refractivity contribution in [2.24, 2.45) is 0 Å². The van der Waals surface area contributed by atoms with E-state index >= 15 is 0 Å². The molecule has 10 aromatic rings. The van der Waals surface area contributed by atoms with Crippen LogP contribution in [0.4, 0.5) is 0 Å². The lowest BCUT2D eigenvalue weighted by Crippen LogP contribution is -2.28. The molecule has 1 aromatic heterocycles. The summed E-state index contributed by atoms with van der Waals surface area (Å²) in [6.45, 7) is 0. The molecular weight excluding hydrogens is 713 g/mol. The predicted molar refractivity (Wildman–Crippen MR) is 244 cm³/mol. The van der Waals surface area contributed by atoms with Crippen LogP contribution in [0.2, 0.25) is 0 Å². The van der Waals surface area contributed by atoms with Crippen LogP contribution in [-0.2, 0) is 5.41 Å². The zero-order valence-electron chi connectivity index (χ0n) is 32.3. The lowest BCUT2D eigenvalue weighted by Gasteiger charge is -2.33. The maximum Gasteiger partial charge on any atom is 0.161 e. The average molecular weight is 751 g/mol. The van der Waals surface area contributed by atoms with Crippen molar-refractivity contribution in [2.45, 2.75) is 5.41 Å². The molecule has 276 valence electrons. The van der Waals surface area contributed by atoms with Gasteiger partial charge < -0.3 is 0 Å². The molecule has 2 heteroatoms. The van der Waals surface area contributed by atoms with Crippen LogP contribution >= 0.6 is 0 Å². The minimum absolute atomic E-state index is 0.431. The Balaban J connectivity index is 1.06. The predicted octanol–water partition coefficient (Wildman–Crippen LogP) is 14.3. The minimum atomic E-state index is -0.431. The lowest BCUT2D eigenvalue weighted by molar-refractivity contribution is 0.768. The van der Waals surface area contributed by atoms with E-state index in [1.165, 1.54) is 55.6 Å². The maximum absolute atomic E-state index is 5.29. The molecule has 0 aliphatic heterocycles. The molecule has 0 atom stereocenters. The van der Waals surface area contributed by atoms with Crippen LogP contribution in [0.1, 0.15) is 22.3 Å². The highest BCUT2D eigenvalue weighted by Crippen LogP contribution is 2.56. The smallest absolute Gasteiger partial charge is 0.161 e. The van der Waals surface area contributed by atoms with Crippen LogP contribution in [0.25, 0.3) is 78.1 Å². The third kappa shape index (κ3) is 5.80. The summed E-state index contributed by atoms with van der Waals surface area (Å²) >= 11 is 0. The Morgan fingerprint density at radius 1 is 0.271 bits per heavy atom. The molecular formula is C57H38N2. The fourth-order valence-corrected chi connectivity index (χ4v) is 9.30. The van der Waals surface area contributed by atoms with Gasteiger partial charge in [0.25, 0.3) is 0 Å². The highest BCUT2D eigenvalue weighted by atomic mass is 14.9. The van der Waals surface area contributed by atoms with Crippen LogP contribution in [0.15, 0.2) is 231 Å². The van der Waals surface area contributed by atoms with Crippen molar-refractivity contribution in [1.82, 2.24) is 9.97 Å². The van der Waals surface area contributed by atoms with Gasteiger partial charge in [0.1, 0.15) is 0 Å². The standard InChI is InChI=1S/C57H38N2/c1-5-17-39(18-6-1)40-29-31-42(32-30-40)55-38-54(41-19-7-2-8-20-41)58-56(59-55)50-35-34-46(47-25-13-14-26-48(47)50)43-33-36-53-51(37-43)49-27-15-16-28-52(49)57(53,44-21-9-3-10-22-44)45-23-11-4-12-24-45/h1-38H. The van der Waals surface area contributed by atoms with E-state index in [4.69, 9.17) is 9.97 Å². The van der Waals surface area contributed by atoms with Crippen molar-refractivity contribution < 1.29 is 0 Å². The summed E-state index contributed by atoms with van der Waals surface area (Å²) in [6.07, 6.45) is 0. The zero-order valence-corrected chi connectivity index (χ0v) is 32.3. The van der Waals surface area contributed by atoms with Crippen LogP contribution in [0, 0.1) is 0 Å². The second kappa shape index (κ2) is 14.4. The summed E-state index contributed by atoms with van der Waals surface area (Å²) in [4.78, 5) is 10.5. The number of nitrogens with zero attached hydrogens (tertiary/aromatic N) is 2. The van der Waals surface area contributed by atoms with E-state index in [0.717, 1.165) is 38.9 Å². The molecule has 0 unspecified atom stereocenters. The zero-order chi connectivity index (χ0) is 39.2. The number of rotatable bonds is 7. The largest absolute Gasteiger partial charge is 0.228 e. The number of hydrogen-bond acceptors (Lipinski definition) is 2. The first-order valence-corrected chi connectivity index (χ1v) is 20.2. The van der Waals surface area contributed by atoms with Gasteiger partial charge in [-0.05, 0) is 84.6 Å². The Morgan fingerprint density at radius 2 is 0.712 bits per heavy atom. The SMILES string of the molecule is c1ccc(-c2ccc(-c3cc(-c4ccccc4)nc(-c4ccc(-c5ccc6c(c5)-c5ccccc5C6(c5ccccc5)c5ccccc5)c5ccccc45)n3)cc2)cc1. The van der Waals surface area contributed by atoms with Crippen LogP contribution in [0.5, 0.6) is 0 Å². The van der Waals surface area contributed by atoms with Crippen LogP contribution < -0.4 is 0 Å². The Morgan fingerprint density at radius 3 is 1.36 bits per heavy atom. The van der Waals surface area contributed by atoms with Gasteiger partial charge in [0.05, 0.1) is 16.8 Å². The van der Waals surface area contributed by atoms with Gasteiger partial charge in [0, 0.05) is 16.7 Å². The van der Waals surface area contributed by atoms with Gasteiger partial charge in [0.15, 0.2) is 5.82 Å². The second-order valence-electron chi connectivity index (χ2n) is 15.3. The first-order chi connectivity index (χ1) is 29.3. The number of hydrogen-bond donors (Lipinski definition) is 0. The van der Waals surface area contributed by atoms with Crippen molar-refractivity contribution >= 4 is 10.8 Å². The molecule has 11 rings (SSSR count). The molecule has 1 aliphatic carbocycles. The normalized spacial score (nSPS) is 12.5. The Bertz CT molecular complexity index is 3080. The molecule has 1 aliphatic rings. The first kappa shape index (κ1) is 34.6. The summed E-state index contributed by atoms with van der Waals surface area (Å²) in [5.74, 6) is 0.703. The van der Waals surface area contributed by atoms with Crippen LogP contribution in [-0.4, -0.2) is 9.97 Å². The average Bonchev–Trinajstić information content (AvgIpc) is 3.62. The van der Waals surface area contributed by atoms with E-state index in [1.54, 1.807) is 0 Å². The second-order valence-corrected chi connectivity index (χ2v) is 15.3. The number of benzene rings is 9. The van der Waals surface area contributed by atoms with E-state index in [9.17, 15) is 0 Å². The van der Waals surface area contributed by atoms with Gasteiger partial charge in [-0.15, -0.1) is 0 Å². The molecule has 0 bridgehead atoms. The number of fused-ring (bicyclic) bond motifs is 4. The summed E-state index contributed by atoms with van der Waals surface area (Å²) in [5.41, 5.74) is 16.9. The van der Waals surface area contributed by atoms with Gasteiger partial charge in [-0.2, -0.15) is 0 Å². The van der Waals surface area contributed by atoms with Crippen molar-refractivity contribution in [3.63, 3.8) is 0 Å². The Labute approximate surface area is 344 Å². The van der Waals surface area contributed by atoms with Crippen LogP contribution in [0.3, 0.4) is 0 Å². The summed E-state index contributed by atoms with van der Waals surface area (Å²) in [5, 5.41) is 2.28. The van der Waals surface area contributed by atoms with Gasteiger partial charge in [0.2, 0.25) is 0 Å². The summed E-state index contributed by atoms with van der Waals surface area (Å²) in [7, 11) is 0. The Hall–Kier alpha value is -7.68. The molecule has 0 saturated carbocycles. The van der Waals surface area contributed by atoms with E-state index in [-0.39, 0.29) is 0 Å². The maximum atomic E-state index is 5.29. The Kier molecular flexibility index (Phi) is 8.41. The molecule has 0 amide bonds. The molecule has 9 aromatic carbocycles. The van der Waals surface area contributed by atoms with Crippen molar-refractivity contribution in [2.75, 3.05) is 0 Å².